The van der Waals surface area contributed by atoms with Gasteiger partial charge >= 0.3 is 5.97 Å². The van der Waals surface area contributed by atoms with Crippen LogP contribution in [-0.4, -0.2) is 25.2 Å². The molecule has 1 N–H and O–H groups in total. The van der Waals surface area contributed by atoms with Gasteiger partial charge in [-0.15, -0.1) is 0 Å². The highest BCUT2D eigenvalue weighted by Gasteiger charge is 2.28. The molecule has 20 heavy (non-hydrogen) atoms. The zero-order valence-corrected chi connectivity index (χ0v) is 13.2. The molecule has 1 aliphatic carbocycles. The van der Waals surface area contributed by atoms with Crippen LogP contribution in [0.4, 0.5) is 0 Å². The van der Waals surface area contributed by atoms with Crippen LogP contribution in [0.15, 0.2) is 0 Å². The molecule has 2 aliphatic rings. The minimum atomic E-state index is 0.0356. The van der Waals surface area contributed by atoms with Gasteiger partial charge in [-0.25, -0.2) is 0 Å². The highest BCUT2D eigenvalue weighted by molar-refractivity contribution is 5.69. The maximum Gasteiger partial charge on any atom is 0.306 e. The molecule has 2 fully saturated rings. The van der Waals surface area contributed by atoms with Crippen molar-refractivity contribution < 1.29 is 9.53 Å². The molecule has 1 aliphatic heterocycles. The van der Waals surface area contributed by atoms with E-state index >= 15 is 0 Å². The third kappa shape index (κ3) is 4.47. The van der Waals surface area contributed by atoms with E-state index in [-0.39, 0.29) is 12.1 Å². The SMILES string of the molecule is CCC1CCCCC1OC(=O)CC(C)C1CCCNC1. The quantitative estimate of drug-likeness (QED) is 0.784. The summed E-state index contributed by atoms with van der Waals surface area (Å²) >= 11 is 0. The van der Waals surface area contributed by atoms with Gasteiger partial charge in [0.1, 0.15) is 6.10 Å². The average molecular weight is 281 g/mol. The Morgan fingerprint density at radius 1 is 1.25 bits per heavy atom. The fraction of sp³-hybridized carbons (Fsp3) is 0.941. The first-order valence-electron chi connectivity index (χ1n) is 8.61. The zero-order valence-electron chi connectivity index (χ0n) is 13.2. The Labute approximate surface area is 123 Å². The van der Waals surface area contributed by atoms with Crippen molar-refractivity contribution >= 4 is 5.97 Å². The van der Waals surface area contributed by atoms with Crippen molar-refractivity contribution in [2.45, 2.75) is 71.3 Å². The summed E-state index contributed by atoms with van der Waals surface area (Å²) in [6.07, 6.45) is 9.25. The van der Waals surface area contributed by atoms with E-state index in [1.807, 2.05) is 0 Å². The number of ether oxygens (including phenoxy) is 1. The average Bonchev–Trinajstić information content (AvgIpc) is 2.48. The fourth-order valence-corrected chi connectivity index (χ4v) is 3.81. The van der Waals surface area contributed by atoms with Gasteiger partial charge < -0.3 is 10.1 Å². The molecule has 4 unspecified atom stereocenters. The zero-order chi connectivity index (χ0) is 14.4. The second-order valence-corrected chi connectivity index (χ2v) is 6.77. The summed E-state index contributed by atoms with van der Waals surface area (Å²) in [6, 6.07) is 0. The third-order valence-corrected chi connectivity index (χ3v) is 5.27. The lowest BCUT2D eigenvalue weighted by Crippen LogP contribution is -2.35. The van der Waals surface area contributed by atoms with Crippen molar-refractivity contribution in [1.82, 2.24) is 5.32 Å². The van der Waals surface area contributed by atoms with Crippen LogP contribution in [0.3, 0.4) is 0 Å². The summed E-state index contributed by atoms with van der Waals surface area (Å²) < 4.78 is 5.80. The molecule has 0 aromatic heterocycles. The number of rotatable bonds is 5. The highest BCUT2D eigenvalue weighted by Crippen LogP contribution is 2.30. The van der Waals surface area contributed by atoms with Crippen LogP contribution < -0.4 is 5.32 Å². The van der Waals surface area contributed by atoms with E-state index in [1.165, 1.54) is 32.1 Å². The lowest BCUT2D eigenvalue weighted by atomic mass is 9.84. The maximum absolute atomic E-state index is 12.2. The van der Waals surface area contributed by atoms with E-state index in [4.69, 9.17) is 4.74 Å². The van der Waals surface area contributed by atoms with Crippen LogP contribution in [0.5, 0.6) is 0 Å². The predicted molar refractivity (Wildman–Crippen MR) is 81.5 cm³/mol. The number of esters is 1. The van der Waals surface area contributed by atoms with Gasteiger partial charge in [0.2, 0.25) is 0 Å². The first-order chi connectivity index (χ1) is 9.70. The number of nitrogens with one attached hydrogen (secondary N) is 1. The maximum atomic E-state index is 12.2. The Balaban J connectivity index is 1.75. The Morgan fingerprint density at radius 2 is 2.05 bits per heavy atom. The summed E-state index contributed by atoms with van der Waals surface area (Å²) in [6.45, 7) is 6.62. The normalized spacial score (nSPS) is 32.6. The topological polar surface area (TPSA) is 38.3 Å². The molecule has 0 amide bonds. The molecule has 1 saturated heterocycles. The van der Waals surface area contributed by atoms with Gasteiger partial charge in [0, 0.05) is 6.42 Å². The van der Waals surface area contributed by atoms with Crippen LogP contribution in [-0.2, 0) is 9.53 Å². The van der Waals surface area contributed by atoms with Crippen LogP contribution in [0.2, 0.25) is 0 Å². The van der Waals surface area contributed by atoms with Crippen molar-refractivity contribution in [3.8, 4) is 0 Å². The van der Waals surface area contributed by atoms with Crippen LogP contribution in [0.25, 0.3) is 0 Å². The third-order valence-electron chi connectivity index (χ3n) is 5.27. The molecule has 1 saturated carbocycles. The smallest absolute Gasteiger partial charge is 0.306 e. The summed E-state index contributed by atoms with van der Waals surface area (Å²) in [4.78, 5) is 12.2. The second-order valence-electron chi connectivity index (χ2n) is 6.77. The molecule has 0 spiro atoms. The first-order valence-corrected chi connectivity index (χ1v) is 8.61. The Hall–Kier alpha value is -0.570. The lowest BCUT2D eigenvalue weighted by molar-refractivity contribution is -0.155. The van der Waals surface area contributed by atoms with Gasteiger partial charge in [-0.05, 0) is 69.4 Å². The molecule has 0 aromatic rings. The summed E-state index contributed by atoms with van der Waals surface area (Å²) in [5, 5.41) is 3.43. The van der Waals surface area contributed by atoms with E-state index in [2.05, 4.69) is 19.2 Å². The standard InChI is InChI=1S/C17H31NO2/c1-3-14-7-4-5-9-16(14)20-17(19)11-13(2)15-8-6-10-18-12-15/h13-16,18H,3-12H2,1-2H3. The monoisotopic (exact) mass is 281 g/mol. The number of piperidine rings is 1. The summed E-state index contributed by atoms with van der Waals surface area (Å²) in [5.74, 6) is 1.72. The van der Waals surface area contributed by atoms with Gasteiger partial charge in [0.25, 0.3) is 0 Å². The molecule has 1 heterocycles. The van der Waals surface area contributed by atoms with E-state index in [1.54, 1.807) is 0 Å². The number of carbonyl (C=O) groups excluding carboxylic acids is 1. The minimum absolute atomic E-state index is 0.0356. The van der Waals surface area contributed by atoms with E-state index in [0.717, 1.165) is 25.9 Å². The largest absolute Gasteiger partial charge is 0.462 e. The van der Waals surface area contributed by atoms with Crippen molar-refractivity contribution in [3.05, 3.63) is 0 Å². The highest BCUT2D eigenvalue weighted by atomic mass is 16.5. The molecule has 4 atom stereocenters. The Morgan fingerprint density at radius 3 is 2.75 bits per heavy atom. The number of carbonyl (C=O) groups is 1. The number of hydrogen-bond acceptors (Lipinski definition) is 3. The molecule has 3 nitrogen and oxygen atoms in total. The van der Waals surface area contributed by atoms with Crippen molar-refractivity contribution in [1.29, 1.82) is 0 Å². The molecule has 116 valence electrons. The molecule has 0 radical (unpaired) electrons. The first kappa shape index (κ1) is 15.8. The van der Waals surface area contributed by atoms with Gasteiger partial charge in [-0.2, -0.15) is 0 Å². The van der Waals surface area contributed by atoms with Gasteiger partial charge in [0.15, 0.2) is 0 Å². The molecule has 0 aromatic carbocycles. The van der Waals surface area contributed by atoms with Crippen LogP contribution in [0.1, 0.15) is 65.2 Å². The molecular weight excluding hydrogens is 250 g/mol. The molecule has 2 rings (SSSR count). The van der Waals surface area contributed by atoms with Gasteiger partial charge in [-0.1, -0.05) is 20.3 Å². The fourth-order valence-electron chi connectivity index (χ4n) is 3.81. The Kier molecular flexibility index (Phi) is 6.34. The minimum Gasteiger partial charge on any atom is -0.462 e. The van der Waals surface area contributed by atoms with Gasteiger partial charge in [0.05, 0.1) is 0 Å². The van der Waals surface area contributed by atoms with Gasteiger partial charge in [-0.3, -0.25) is 4.79 Å². The van der Waals surface area contributed by atoms with Crippen molar-refractivity contribution in [2.75, 3.05) is 13.1 Å². The van der Waals surface area contributed by atoms with Crippen LogP contribution in [0, 0.1) is 17.8 Å². The van der Waals surface area contributed by atoms with E-state index in [9.17, 15) is 4.79 Å². The summed E-state index contributed by atoms with van der Waals surface area (Å²) in [5.41, 5.74) is 0. The lowest BCUT2D eigenvalue weighted by Gasteiger charge is -2.32. The van der Waals surface area contributed by atoms with Crippen LogP contribution >= 0.6 is 0 Å². The number of hydrogen-bond donors (Lipinski definition) is 1. The Bertz CT molecular complexity index is 299. The van der Waals surface area contributed by atoms with E-state index < -0.39 is 0 Å². The van der Waals surface area contributed by atoms with Crippen molar-refractivity contribution in [2.24, 2.45) is 17.8 Å². The molecule has 3 heteroatoms. The second kappa shape index (κ2) is 8.02. The van der Waals surface area contributed by atoms with E-state index in [0.29, 0.717) is 24.2 Å². The van der Waals surface area contributed by atoms with Crippen molar-refractivity contribution in [3.63, 3.8) is 0 Å². The summed E-state index contributed by atoms with van der Waals surface area (Å²) in [7, 11) is 0. The predicted octanol–water partition coefficient (Wildman–Crippen LogP) is 3.52. The molecular formula is C17H31NO2. The molecule has 0 bridgehead atoms.